The molecule has 0 aliphatic carbocycles. The van der Waals surface area contributed by atoms with Gasteiger partial charge in [-0.25, -0.2) is 9.67 Å². The van der Waals surface area contributed by atoms with Crippen LogP contribution in [0, 0.1) is 13.8 Å². The molecule has 3 aromatic carbocycles. The van der Waals surface area contributed by atoms with Crippen LogP contribution < -0.4 is 4.74 Å². The monoisotopic (exact) mass is 673 g/mol. The van der Waals surface area contributed by atoms with Gasteiger partial charge in [-0.2, -0.15) is 8.42 Å². The van der Waals surface area contributed by atoms with Gasteiger partial charge in [0.15, 0.2) is 0 Å². The molecular weight excluding hydrogens is 634 g/mol. The van der Waals surface area contributed by atoms with Gasteiger partial charge in [0.05, 0.1) is 16.8 Å². The van der Waals surface area contributed by atoms with Crippen molar-refractivity contribution in [1.29, 1.82) is 0 Å². The summed E-state index contributed by atoms with van der Waals surface area (Å²) >= 11 is 0. The van der Waals surface area contributed by atoms with Gasteiger partial charge in [0.1, 0.15) is 23.1 Å². The van der Waals surface area contributed by atoms with Crippen LogP contribution in [0.5, 0.6) is 11.6 Å². The number of aryl methyl sites for hydroxylation is 3. The van der Waals surface area contributed by atoms with E-state index in [1.807, 2.05) is 32.2 Å². The van der Waals surface area contributed by atoms with E-state index in [0.717, 1.165) is 51.8 Å². The van der Waals surface area contributed by atoms with Gasteiger partial charge in [0.2, 0.25) is 5.88 Å². The lowest BCUT2D eigenvalue weighted by Crippen LogP contribution is -2.32. The molecule has 0 spiro atoms. The highest BCUT2D eigenvalue weighted by molar-refractivity contribution is 7.85. The topological polar surface area (TPSA) is 168 Å². The number of carbonyl (C=O) groups is 1. The molecule has 2 atom stereocenters. The number of fused-ring (bicyclic) bond motifs is 2. The van der Waals surface area contributed by atoms with Crippen LogP contribution in [0.4, 0.5) is 0 Å². The highest BCUT2D eigenvalue weighted by Crippen LogP contribution is 2.35. The number of pyridine rings is 1. The van der Waals surface area contributed by atoms with Gasteiger partial charge in [-0.05, 0) is 72.4 Å². The third-order valence-electron chi connectivity index (χ3n) is 8.55. The van der Waals surface area contributed by atoms with E-state index < -0.39 is 16.1 Å². The molecule has 0 fully saturated rings. The number of carboxylic acids is 1. The Kier molecular flexibility index (Phi) is 10.4. The maximum absolute atomic E-state index is 12.0. The molecule has 3 N–H and O–H groups in total. The average Bonchev–Trinajstić information content (AvgIpc) is 3.33. The van der Waals surface area contributed by atoms with Crippen LogP contribution in [0.1, 0.15) is 59.2 Å². The van der Waals surface area contributed by atoms with Crippen LogP contribution in [-0.4, -0.2) is 66.7 Å². The van der Waals surface area contributed by atoms with Crippen LogP contribution >= 0.6 is 0 Å². The van der Waals surface area contributed by atoms with E-state index in [2.05, 4.69) is 46.2 Å². The Morgan fingerprint density at radius 2 is 1.81 bits per heavy atom. The molecule has 5 aromatic rings. The predicted molar refractivity (Wildman–Crippen MR) is 180 cm³/mol. The highest BCUT2D eigenvalue weighted by atomic mass is 32.2. The number of carboxylic acid groups (broad SMARTS) is 1. The molecule has 0 unspecified atom stereocenters. The smallest absolute Gasteiger partial charge is 0.304 e. The molecule has 12 nitrogen and oxygen atoms in total. The van der Waals surface area contributed by atoms with Crippen molar-refractivity contribution in [2.24, 2.45) is 7.05 Å². The Hall–Kier alpha value is -4.85. The summed E-state index contributed by atoms with van der Waals surface area (Å²) in [5.74, 6) is -0.492. The molecule has 0 saturated heterocycles. The number of aromatic nitrogens is 4. The molecule has 1 aliphatic rings. The van der Waals surface area contributed by atoms with Gasteiger partial charge in [0, 0.05) is 38.7 Å². The van der Waals surface area contributed by atoms with E-state index in [0.29, 0.717) is 24.5 Å². The Bertz CT molecular complexity index is 2030. The number of nitrogens with zero attached hydrogens (tertiary/aromatic N) is 5. The Balaban J connectivity index is 0.000000387. The standard InChI is InChI=1S/C29H33N5O4.C6H6O3S/c1-5-21-15-34(16-24-26(38-21)10-11-27(35)30-24)14-20-12-19(7-6-17(20)2)23(13-28(36)37)22-8-9-25-29(18(22)3)31-32-33(25)4;7-10(8,9)6-4-2-1-3-5-6/h6-12,21,23H,5,13-16H2,1-4H3,(H,30,35)(H,36,37);1-5H,(H,7,8,9)/t21-,23-;/m1./s1. The summed E-state index contributed by atoms with van der Waals surface area (Å²) in [6.07, 6.45) is 0.828. The van der Waals surface area contributed by atoms with Crippen molar-refractivity contribution >= 4 is 27.1 Å². The van der Waals surface area contributed by atoms with Crippen molar-refractivity contribution < 1.29 is 32.7 Å². The van der Waals surface area contributed by atoms with Crippen molar-refractivity contribution in [2.75, 3.05) is 6.54 Å². The quantitative estimate of drug-likeness (QED) is 0.180. The summed E-state index contributed by atoms with van der Waals surface area (Å²) in [7, 11) is -2.15. The van der Waals surface area contributed by atoms with Gasteiger partial charge < -0.3 is 14.9 Å². The summed E-state index contributed by atoms with van der Waals surface area (Å²) in [5, 5.41) is 28.2. The Morgan fingerprint density at radius 1 is 1.06 bits per heavy atom. The summed E-state index contributed by atoms with van der Waals surface area (Å²) in [6, 6.07) is 20.9. The lowest BCUT2D eigenvalue weighted by Gasteiger charge is -2.25. The van der Waals surface area contributed by atoms with Crippen LogP contribution in [0.25, 0.3) is 11.0 Å². The van der Waals surface area contributed by atoms with Gasteiger partial charge >= 0.3 is 5.97 Å². The molecule has 0 bridgehead atoms. The number of aromatic hydroxyl groups is 1. The maximum atomic E-state index is 12.0. The van der Waals surface area contributed by atoms with Crippen molar-refractivity contribution in [3.8, 4) is 11.6 Å². The van der Waals surface area contributed by atoms with E-state index in [4.69, 9.17) is 9.29 Å². The zero-order chi connectivity index (χ0) is 34.6. The van der Waals surface area contributed by atoms with Crippen molar-refractivity contribution in [1.82, 2.24) is 24.9 Å². The molecule has 6 rings (SSSR count). The molecule has 2 aromatic heterocycles. The second kappa shape index (κ2) is 14.5. The molecule has 252 valence electrons. The van der Waals surface area contributed by atoms with Crippen molar-refractivity contribution in [3.05, 3.63) is 106 Å². The van der Waals surface area contributed by atoms with E-state index in [9.17, 15) is 23.4 Å². The van der Waals surface area contributed by atoms with E-state index in [1.54, 1.807) is 35.0 Å². The molecule has 3 heterocycles. The second-order valence-corrected chi connectivity index (χ2v) is 13.3. The minimum atomic E-state index is -4.00. The number of hydrogen-bond donors (Lipinski definition) is 3. The fourth-order valence-electron chi connectivity index (χ4n) is 5.93. The Morgan fingerprint density at radius 3 is 2.48 bits per heavy atom. The van der Waals surface area contributed by atoms with Crippen LogP contribution in [0.2, 0.25) is 0 Å². The minimum absolute atomic E-state index is 0.00667. The third-order valence-corrected chi connectivity index (χ3v) is 9.41. The first-order valence-electron chi connectivity index (χ1n) is 15.5. The van der Waals surface area contributed by atoms with Gasteiger partial charge in [-0.3, -0.25) is 14.2 Å². The first-order chi connectivity index (χ1) is 22.8. The summed E-state index contributed by atoms with van der Waals surface area (Å²) in [4.78, 5) is 18.5. The van der Waals surface area contributed by atoms with E-state index in [1.165, 1.54) is 12.1 Å². The SMILES string of the molecule is CC[C@@H]1CN(Cc2cc([C@@H](CC(=O)O)c3ccc4c(nnn4C)c3C)ccc2C)Cc2nc(O)ccc2O1.O=S(=O)(O)c1ccccc1. The lowest BCUT2D eigenvalue weighted by molar-refractivity contribution is -0.137. The molecule has 0 amide bonds. The maximum Gasteiger partial charge on any atom is 0.304 e. The molecule has 13 heteroatoms. The highest BCUT2D eigenvalue weighted by Gasteiger charge is 2.26. The number of aliphatic carboxylic acids is 1. The first-order valence-corrected chi connectivity index (χ1v) is 17.0. The third kappa shape index (κ3) is 7.98. The minimum Gasteiger partial charge on any atom is -0.493 e. The number of ether oxygens (including phenoxy) is 1. The Labute approximate surface area is 279 Å². The fraction of sp³-hybridized carbons (Fsp3) is 0.314. The van der Waals surface area contributed by atoms with E-state index >= 15 is 0 Å². The van der Waals surface area contributed by atoms with Gasteiger partial charge in [-0.1, -0.05) is 54.6 Å². The molecule has 1 aliphatic heterocycles. The van der Waals surface area contributed by atoms with Gasteiger partial charge in [-0.15, -0.1) is 5.10 Å². The molecule has 48 heavy (non-hydrogen) atoms. The summed E-state index contributed by atoms with van der Waals surface area (Å²) < 4.78 is 37.1. The zero-order valence-corrected chi connectivity index (χ0v) is 28.1. The summed E-state index contributed by atoms with van der Waals surface area (Å²) in [6.45, 7) is 8.08. The number of hydrogen-bond acceptors (Lipinski definition) is 9. The first kappa shape index (κ1) is 34.5. The lowest BCUT2D eigenvalue weighted by atomic mass is 9.84. The normalized spacial score (nSPS) is 15.5. The largest absolute Gasteiger partial charge is 0.493 e. The number of benzene rings is 3. The van der Waals surface area contributed by atoms with Gasteiger partial charge in [0.25, 0.3) is 10.1 Å². The summed E-state index contributed by atoms with van der Waals surface area (Å²) in [5.41, 5.74) is 7.51. The predicted octanol–water partition coefficient (Wildman–Crippen LogP) is 5.40. The average molecular weight is 674 g/mol. The van der Waals surface area contributed by atoms with Crippen molar-refractivity contribution in [3.63, 3.8) is 0 Å². The van der Waals surface area contributed by atoms with Crippen LogP contribution in [-0.2, 0) is 35.0 Å². The molecule has 0 saturated carbocycles. The molecular formula is C35H39N5O7S. The van der Waals surface area contributed by atoms with E-state index in [-0.39, 0.29) is 29.2 Å². The second-order valence-electron chi connectivity index (χ2n) is 11.9. The zero-order valence-electron chi connectivity index (χ0n) is 27.2. The van der Waals surface area contributed by atoms with Crippen molar-refractivity contribution in [2.45, 2.75) is 63.6 Å². The molecule has 0 radical (unpaired) electrons. The van der Waals surface area contributed by atoms with Crippen LogP contribution in [0.15, 0.2) is 77.7 Å². The van der Waals surface area contributed by atoms with Crippen LogP contribution in [0.3, 0.4) is 0 Å². The fourth-order valence-corrected chi connectivity index (χ4v) is 6.43. The number of rotatable bonds is 8.